The number of rotatable bonds is 5. The summed E-state index contributed by atoms with van der Waals surface area (Å²) in [6.07, 6.45) is 0.309. The minimum absolute atomic E-state index is 0.104. The van der Waals surface area contributed by atoms with Crippen molar-refractivity contribution in [1.29, 1.82) is 5.26 Å². The number of hydrogen-bond acceptors (Lipinski definition) is 3. The second-order valence-corrected chi connectivity index (χ2v) is 5.41. The van der Waals surface area contributed by atoms with Gasteiger partial charge in [0.15, 0.2) is 0 Å². The number of nitrogens with zero attached hydrogens (tertiary/aromatic N) is 2. The van der Waals surface area contributed by atoms with E-state index in [2.05, 4.69) is 6.07 Å². The summed E-state index contributed by atoms with van der Waals surface area (Å²) in [5.41, 5.74) is 2.45. The van der Waals surface area contributed by atoms with Crippen molar-refractivity contribution in [3.63, 3.8) is 0 Å². The van der Waals surface area contributed by atoms with Crippen molar-refractivity contribution < 1.29 is 9.53 Å². The van der Waals surface area contributed by atoms with Crippen LogP contribution in [0.5, 0.6) is 5.75 Å². The van der Waals surface area contributed by atoms with E-state index in [1.54, 1.807) is 31.2 Å². The minimum atomic E-state index is -0.130. The fourth-order valence-corrected chi connectivity index (χ4v) is 2.36. The maximum Gasteiger partial charge on any atom is 0.253 e. The summed E-state index contributed by atoms with van der Waals surface area (Å²) in [6, 6.07) is 17.2. The standard InChI is InChI=1S/C19H20N2O2/c1-14(11-12-20)21(2)19(22)16-9-10-18(23-3)17(13-16)15-7-5-4-6-8-15/h4-10,13-14H,11H2,1-3H3. The van der Waals surface area contributed by atoms with Gasteiger partial charge in [-0.3, -0.25) is 4.79 Å². The van der Waals surface area contributed by atoms with Crippen LogP contribution in [-0.4, -0.2) is 31.0 Å². The van der Waals surface area contributed by atoms with Gasteiger partial charge in [-0.25, -0.2) is 0 Å². The molecule has 2 rings (SSSR count). The molecule has 0 aromatic heterocycles. The molecule has 0 heterocycles. The van der Waals surface area contributed by atoms with Gasteiger partial charge in [-0.2, -0.15) is 5.26 Å². The Bertz CT molecular complexity index is 720. The number of carbonyl (C=O) groups excluding carboxylic acids is 1. The first-order chi connectivity index (χ1) is 11.1. The predicted molar refractivity (Wildman–Crippen MR) is 90.2 cm³/mol. The van der Waals surface area contributed by atoms with E-state index in [1.807, 2.05) is 43.3 Å². The van der Waals surface area contributed by atoms with E-state index in [4.69, 9.17) is 10.00 Å². The third-order valence-corrected chi connectivity index (χ3v) is 3.90. The van der Waals surface area contributed by atoms with Gasteiger partial charge < -0.3 is 9.64 Å². The fourth-order valence-electron chi connectivity index (χ4n) is 2.36. The molecule has 0 radical (unpaired) electrons. The lowest BCUT2D eigenvalue weighted by Gasteiger charge is -2.23. The Balaban J connectivity index is 2.38. The van der Waals surface area contributed by atoms with Crippen molar-refractivity contribution in [2.45, 2.75) is 19.4 Å². The molecule has 1 atom stereocenters. The molecule has 2 aromatic carbocycles. The topological polar surface area (TPSA) is 53.3 Å². The van der Waals surface area contributed by atoms with Gasteiger partial charge in [0.05, 0.1) is 19.6 Å². The Morgan fingerprint density at radius 2 is 1.96 bits per heavy atom. The molecule has 23 heavy (non-hydrogen) atoms. The average Bonchev–Trinajstić information content (AvgIpc) is 2.60. The molecule has 0 fully saturated rings. The second kappa shape index (κ2) is 7.46. The number of nitriles is 1. The lowest BCUT2D eigenvalue weighted by atomic mass is 10.0. The number of amides is 1. The van der Waals surface area contributed by atoms with Gasteiger partial charge in [-0.15, -0.1) is 0 Å². The van der Waals surface area contributed by atoms with Crippen LogP contribution in [0.4, 0.5) is 0 Å². The highest BCUT2D eigenvalue weighted by Gasteiger charge is 2.19. The molecule has 0 N–H and O–H groups in total. The smallest absolute Gasteiger partial charge is 0.253 e. The number of methoxy groups -OCH3 is 1. The van der Waals surface area contributed by atoms with Crippen LogP contribution in [0.3, 0.4) is 0 Å². The normalized spacial score (nSPS) is 11.4. The molecule has 0 saturated carbocycles. The molecule has 0 spiro atoms. The molecule has 1 unspecified atom stereocenters. The molecule has 0 aliphatic heterocycles. The Morgan fingerprint density at radius 1 is 1.26 bits per heavy atom. The number of carbonyl (C=O) groups is 1. The highest BCUT2D eigenvalue weighted by Crippen LogP contribution is 2.31. The molecule has 4 heteroatoms. The first-order valence-corrected chi connectivity index (χ1v) is 7.46. The molecular weight excluding hydrogens is 288 g/mol. The van der Waals surface area contributed by atoms with Gasteiger partial charge in [0.2, 0.25) is 0 Å². The molecular formula is C19H20N2O2. The molecule has 1 amide bonds. The summed E-state index contributed by atoms with van der Waals surface area (Å²) < 4.78 is 5.41. The van der Waals surface area contributed by atoms with E-state index in [1.165, 1.54) is 0 Å². The molecule has 0 aliphatic rings. The maximum atomic E-state index is 12.6. The summed E-state index contributed by atoms with van der Waals surface area (Å²) in [4.78, 5) is 14.2. The molecule has 4 nitrogen and oxygen atoms in total. The number of benzene rings is 2. The predicted octanol–water partition coefficient (Wildman–Crippen LogP) is 3.74. The third kappa shape index (κ3) is 3.70. The summed E-state index contributed by atoms with van der Waals surface area (Å²) in [6.45, 7) is 1.86. The third-order valence-electron chi connectivity index (χ3n) is 3.90. The van der Waals surface area contributed by atoms with E-state index < -0.39 is 0 Å². The monoisotopic (exact) mass is 308 g/mol. The summed E-state index contributed by atoms with van der Waals surface area (Å²) in [7, 11) is 3.33. The zero-order chi connectivity index (χ0) is 16.8. The van der Waals surface area contributed by atoms with Gasteiger partial charge >= 0.3 is 0 Å². The van der Waals surface area contributed by atoms with E-state index in [9.17, 15) is 4.79 Å². The van der Waals surface area contributed by atoms with Crippen molar-refractivity contribution in [3.05, 3.63) is 54.1 Å². The molecule has 0 saturated heterocycles. The van der Waals surface area contributed by atoms with E-state index in [-0.39, 0.29) is 11.9 Å². The Kier molecular flexibility index (Phi) is 5.37. The zero-order valence-electron chi connectivity index (χ0n) is 13.6. The van der Waals surface area contributed by atoms with E-state index in [0.717, 1.165) is 16.9 Å². The van der Waals surface area contributed by atoms with Crippen molar-refractivity contribution in [2.24, 2.45) is 0 Å². The highest BCUT2D eigenvalue weighted by molar-refractivity contribution is 5.96. The van der Waals surface area contributed by atoms with E-state index in [0.29, 0.717) is 12.0 Å². The molecule has 118 valence electrons. The summed E-state index contributed by atoms with van der Waals surface area (Å²) in [5, 5.41) is 8.79. The van der Waals surface area contributed by atoms with Crippen molar-refractivity contribution in [2.75, 3.05) is 14.2 Å². The van der Waals surface area contributed by atoms with Crippen LogP contribution in [0, 0.1) is 11.3 Å². The first-order valence-electron chi connectivity index (χ1n) is 7.46. The van der Waals surface area contributed by atoms with Gasteiger partial charge in [-0.1, -0.05) is 30.3 Å². The van der Waals surface area contributed by atoms with Crippen LogP contribution in [0.2, 0.25) is 0 Å². The molecule has 0 aliphatic carbocycles. The maximum absolute atomic E-state index is 12.6. The minimum Gasteiger partial charge on any atom is -0.496 e. The lowest BCUT2D eigenvalue weighted by molar-refractivity contribution is 0.0746. The Hall–Kier alpha value is -2.80. The quantitative estimate of drug-likeness (QED) is 0.845. The summed E-state index contributed by atoms with van der Waals surface area (Å²) >= 11 is 0. The SMILES string of the molecule is COc1ccc(C(=O)N(C)C(C)CC#N)cc1-c1ccccc1. The Labute approximate surface area is 136 Å². The van der Waals surface area contributed by atoms with Gasteiger partial charge in [0.25, 0.3) is 5.91 Å². The van der Waals surface area contributed by atoms with Gasteiger partial charge in [0, 0.05) is 24.2 Å². The van der Waals surface area contributed by atoms with Gasteiger partial charge in [-0.05, 0) is 30.7 Å². The van der Waals surface area contributed by atoms with Crippen LogP contribution >= 0.6 is 0 Å². The van der Waals surface area contributed by atoms with Crippen molar-refractivity contribution >= 4 is 5.91 Å². The average molecular weight is 308 g/mol. The number of hydrogen-bond donors (Lipinski definition) is 0. The van der Waals surface area contributed by atoms with E-state index >= 15 is 0 Å². The van der Waals surface area contributed by atoms with Crippen molar-refractivity contribution in [1.82, 2.24) is 4.90 Å². The zero-order valence-corrected chi connectivity index (χ0v) is 13.6. The Morgan fingerprint density at radius 3 is 2.57 bits per heavy atom. The summed E-state index contributed by atoms with van der Waals surface area (Å²) in [5.74, 6) is 0.619. The molecule has 2 aromatic rings. The van der Waals surface area contributed by atoms with Crippen LogP contribution in [-0.2, 0) is 0 Å². The second-order valence-electron chi connectivity index (χ2n) is 5.41. The van der Waals surface area contributed by atoms with Crippen molar-refractivity contribution in [3.8, 4) is 22.9 Å². The fraction of sp³-hybridized carbons (Fsp3) is 0.263. The van der Waals surface area contributed by atoms with Gasteiger partial charge in [0.1, 0.15) is 5.75 Å². The van der Waals surface area contributed by atoms with Crippen LogP contribution < -0.4 is 4.74 Å². The highest BCUT2D eigenvalue weighted by atomic mass is 16.5. The lowest BCUT2D eigenvalue weighted by Crippen LogP contribution is -2.34. The molecule has 0 bridgehead atoms. The largest absolute Gasteiger partial charge is 0.496 e. The van der Waals surface area contributed by atoms with Crippen LogP contribution in [0.25, 0.3) is 11.1 Å². The number of ether oxygens (including phenoxy) is 1. The van der Waals surface area contributed by atoms with Crippen LogP contribution in [0.1, 0.15) is 23.7 Å². The van der Waals surface area contributed by atoms with Crippen LogP contribution in [0.15, 0.2) is 48.5 Å². The first kappa shape index (κ1) is 16.6.